The minimum absolute atomic E-state index is 0.312. The van der Waals surface area contributed by atoms with Gasteiger partial charge in [0.15, 0.2) is 0 Å². The van der Waals surface area contributed by atoms with E-state index in [1.54, 1.807) is 12.4 Å². The molecule has 4 heteroatoms. The fraction of sp³-hybridized carbons (Fsp3) is 0.182. The van der Waals surface area contributed by atoms with Crippen LogP contribution in [0.2, 0.25) is 0 Å². The molecule has 2 aromatic heterocycles. The fourth-order valence-corrected chi connectivity index (χ4v) is 1.93. The topological polar surface area (TPSA) is 64.7 Å². The first-order valence-electron chi connectivity index (χ1n) is 4.90. The van der Waals surface area contributed by atoms with Gasteiger partial charge in [-0.15, -0.1) is 0 Å². The second kappa shape index (κ2) is 3.02. The molecule has 0 radical (unpaired) electrons. The van der Waals surface area contributed by atoms with Crippen LogP contribution in [0.25, 0.3) is 11.4 Å². The number of rotatable bonds is 0. The maximum atomic E-state index is 5.59. The molecule has 0 fully saturated rings. The van der Waals surface area contributed by atoms with Crippen LogP contribution in [-0.2, 0) is 12.8 Å². The summed E-state index contributed by atoms with van der Waals surface area (Å²) in [5.74, 6) is 0.312. The van der Waals surface area contributed by atoms with Crippen LogP contribution in [0.1, 0.15) is 11.1 Å². The first-order chi connectivity index (χ1) is 7.34. The van der Waals surface area contributed by atoms with Gasteiger partial charge in [-0.1, -0.05) is 6.07 Å². The number of aryl methyl sites for hydroxylation is 2. The Hall–Kier alpha value is -1.97. The molecule has 15 heavy (non-hydrogen) atoms. The Bertz CT molecular complexity index is 522. The van der Waals surface area contributed by atoms with Gasteiger partial charge in [-0.25, -0.2) is 9.97 Å². The summed E-state index contributed by atoms with van der Waals surface area (Å²) in [7, 11) is 0. The van der Waals surface area contributed by atoms with Crippen LogP contribution in [0, 0.1) is 0 Å². The number of aromatic nitrogens is 3. The molecule has 1 aliphatic rings. The van der Waals surface area contributed by atoms with E-state index in [9.17, 15) is 0 Å². The maximum absolute atomic E-state index is 5.59. The van der Waals surface area contributed by atoms with Gasteiger partial charge in [0.05, 0.1) is 11.4 Å². The molecule has 2 aromatic rings. The summed E-state index contributed by atoms with van der Waals surface area (Å²) >= 11 is 0. The van der Waals surface area contributed by atoms with Crippen molar-refractivity contribution in [1.82, 2.24) is 15.0 Å². The highest BCUT2D eigenvalue weighted by molar-refractivity contribution is 5.65. The van der Waals surface area contributed by atoms with Gasteiger partial charge in [-0.3, -0.25) is 4.98 Å². The van der Waals surface area contributed by atoms with Gasteiger partial charge < -0.3 is 5.73 Å². The number of fused-ring (bicyclic) bond motifs is 3. The van der Waals surface area contributed by atoms with E-state index in [1.165, 1.54) is 5.56 Å². The lowest BCUT2D eigenvalue weighted by molar-refractivity contribution is 0.899. The van der Waals surface area contributed by atoms with E-state index in [0.29, 0.717) is 5.95 Å². The van der Waals surface area contributed by atoms with Crippen LogP contribution >= 0.6 is 0 Å². The molecule has 0 unspecified atom stereocenters. The smallest absolute Gasteiger partial charge is 0.220 e. The number of pyridine rings is 1. The average molecular weight is 198 g/mol. The third-order valence-electron chi connectivity index (χ3n) is 2.66. The number of hydrogen-bond acceptors (Lipinski definition) is 4. The summed E-state index contributed by atoms with van der Waals surface area (Å²) in [4.78, 5) is 12.6. The Morgan fingerprint density at radius 3 is 2.87 bits per heavy atom. The molecule has 0 spiro atoms. The summed E-state index contributed by atoms with van der Waals surface area (Å²) in [5, 5.41) is 0. The highest BCUT2D eigenvalue weighted by atomic mass is 15.0. The van der Waals surface area contributed by atoms with Crippen molar-refractivity contribution < 1.29 is 0 Å². The first kappa shape index (κ1) is 8.35. The van der Waals surface area contributed by atoms with Crippen molar-refractivity contribution in [3.05, 3.63) is 35.7 Å². The summed E-state index contributed by atoms with van der Waals surface area (Å²) in [6, 6.07) is 4.04. The molecule has 4 nitrogen and oxygen atoms in total. The average Bonchev–Trinajstić information content (AvgIpc) is 2.29. The van der Waals surface area contributed by atoms with Gasteiger partial charge in [-0.2, -0.15) is 0 Å². The molecule has 3 rings (SSSR count). The van der Waals surface area contributed by atoms with Crippen molar-refractivity contribution in [3.8, 4) is 11.4 Å². The standard InChI is InChI=1S/C11H10N4/c12-11-14-6-8-4-3-7-2-1-5-13-9(7)10(8)15-11/h1-2,5-6H,3-4H2,(H2,12,14,15). The van der Waals surface area contributed by atoms with Gasteiger partial charge in [0.1, 0.15) is 0 Å². The van der Waals surface area contributed by atoms with Crippen LogP contribution in [0.15, 0.2) is 24.5 Å². The zero-order chi connectivity index (χ0) is 10.3. The fourth-order valence-electron chi connectivity index (χ4n) is 1.93. The van der Waals surface area contributed by atoms with Crippen molar-refractivity contribution in [1.29, 1.82) is 0 Å². The van der Waals surface area contributed by atoms with Gasteiger partial charge >= 0.3 is 0 Å². The molecule has 2 N–H and O–H groups in total. The summed E-state index contributed by atoms with van der Waals surface area (Å²) < 4.78 is 0. The molecule has 0 aromatic carbocycles. The van der Waals surface area contributed by atoms with Crippen LogP contribution in [0.3, 0.4) is 0 Å². The Morgan fingerprint density at radius 2 is 1.93 bits per heavy atom. The molecular weight excluding hydrogens is 188 g/mol. The van der Waals surface area contributed by atoms with E-state index in [-0.39, 0.29) is 0 Å². The van der Waals surface area contributed by atoms with Crippen molar-refractivity contribution in [2.24, 2.45) is 0 Å². The predicted octanol–water partition coefficient (Wildman–Crippen LogP) is 1.22. The Kier molecular flexibility index (Phi) is 1.68. The lowest BCUT2D eigenvalue weighted by atomic mass is 9.94. The summed E-state index contributed by atoms with van der Waals surface area (Å²) in [6.45, 7) is 0. The monoisotopic (exact) mass is 198 g/mol. The van der Waals surface area contributed by atoms with E-state index in [2.05, 4.69) is 21.0 Å². The highest BCUT2D eigenvalue weighted by Gasteiger charge is 2.18. The molecule has 0 saturated carbocycles. The third kappa shape index (κ3) is 1.26. The zero-order valence-electron chi connectivity index (χ0n) is 8.14. The molecule has 0 atom stereocenters. The highest BCUT2D eigenvalue weighted by Crippen LogP contribution is 2.29. The van der Waals surface area contributed by atoms with Gasteiger partial charge in [0, 0.05) is 12.4 Å². The molecule has 1 aliphatic carbocycles. The normalized spacial score (nSPS) is 13.1. The van der Waals surface area contributed by atoms with E-state index in [4.69, 9.17) is 5.73 Å². The van der Waals surface area contributed by atoms with Crippen LogP contribution in [-0.4, -0.2) is 15.0 Å². The molecule has 0 amide bonds. The maximum Gasteiger partial charge on any atom is 0.220 e. The predicted molar refractivity (Wildman–Crippen MR) is 57.1 cm³/mol. The second-order valence-electron chi connectivity index (χ2n) is 3.61. The number of anilines is 1. The Balaban J connectivity index is 2.28. The van der Waals surface area contributed by atoms with Crippen LogP contribution in [0.5, 0.6) is 0 Å². The third-order valence-corrected chi connectivity index (χ3v) is 2.66. The minimum Gasteiger partial charge on any atom is -0.368 e. The van der Waals surface area contributed by atoms with Gasteiger partial charge in [0.25, 0.3) is 0 Å². The summed E-state index contributed by atoms with van der Waals surface area (Å²) in [5.41, 5.74) is 9.81. The molecule has 0 saturated heterocycles. The lowest BCUT2D eigenvalue weighted by Gasteiger charge is -2.16. The summed E-state index contributed by atoms with van der Waals surface area (Å²) in [6.07, 6.45) is 5.55. The van der Waals surface area contributed by atoms with E-state index in [1.807, 2.05) is 6.07 Å². The second-order valence-corrected chi connectivity index (χ2v) is 3.61. The van der Waals surface area contributed by atoms with Crippen molar-refractivity contribution in [2.75, 3.05) is 5.73 Å². The van der Waals surface area contributed by atoms with Crippen molar-refractivity contribution in [3.63, 3.8) is 0 Å². The molecular formula is C11H10N4. The number of nitrogen functional groups attached to an aromatic ring is 1. The number of hydrogen-bond donors (Lipinski definition) is 1. The largest absolute Gasteiger partial charge is 0.368 e. The number of nitrogens with zero attached hydrogens (tertiary/aromatic N) is 3. The quantitative estimate of drug-likeness (QED) is 0.691. The van der Waals surface area contributed by atoms with Gasteiger partial charge in [0.2, 0.25) is 5.95 Å². The number of nitrogens with two attached hydrogens (primary N) is 1. The van der Waals surface area contributed by atoms with Crippen LogP contribution in [0.4, 0.5) is 5.95 Å². The van der Waals surface area contributed by atoms with E-state index in [0.717, 1.165) is 29.8 Å². The van der Waals surface area contributed by atoms with Crippen molar-refractivity contribution >= 4 is 5.95 Å². The first-order valence-corrected chi connectivity index (χ1v) is 4.90. The molecule has 0 aliphatic heterocycles. The molecule has 2 heterocycles. The van der Waals surface area contributed by atoms with Crippen molar-refractivity contribution in [2.45, 2.75) is 12.8 Å². The van der Waals surface area contributed by atoms with E-state index < -0.39 is 0 Å². The van der Waals surface area contributed by atoms with E-state index >= 15 is 0 Å². The van der Waals surface area contributed by atoms with Gasteiger partial charge in [-0.05, 0) is 30.0 Å². The Morgan fingerprint density at radius 1 is 1.07 bits per heavy atom. The van der Waals surface area contributed by atoms with Crippen LogP contribution < -0.4 is 5.73 Å². The minimum atomic E-state index is 0.312. The lowest BCUT2D eigenvalue weighted by Crippen LogP contribution is -2.09. The Labute approximate surface area is 87.2 Å². The molecule has 74 valence electrons. The zero-order valence-corrected chi connectivity index (χ0v) is 8.14. The SMILES string of the molecule is Nc1ncc2c(n1)-c1ncccc1CC2. The molecule has 0 bridgehead atoms.